The van der Waals surface area contributed by atoms with Crippen molar-refractivity contribution in [3.63, 3.8) is 0 Å². The minimum Gasteiger partial charge on any atom is -0.352 e. The highest BCUT2D eigenvalue weighted by Crippen LogP contribution is 2.19. The molecule has 0 spiro atoms. The van der Waals surface area contributed by atoms with Crippen LogP contribution < -0.4 is 5.32 Å². The number of nitrogens with zero attached hydrogens (tertiary/aromatic N) is 3. The fourth-order valence-corrected chi connectivity index (χ4v) is 2.77. The van der Waals surface area contributed by atoms with Crippen LogP contribution in [0.15, 0.2) is 42.7 Å². The molecule has 0 unspecified atom stereocenters. The molecule has 1 fully saturated rings. The van der Waals surface area contributed by atoms with E-state index in [1.807, 2.05) is 18.2 Å². The van der Waals surface area contributed by atoms with Crippen LogP contribution in [0.2, 0.25) is 0 Å². The number of hydrogen-bond acceptors (Lipinski definition) is 4. The van der Waals surface area contributed by atoms with E-state index in [-0.39, 0.29) is 17.9 Å². The summed E-state index contributed by atoms with van der Waals surface area (Å²) in [7, 11) is 0. The zero-order valence-electron chi connectivity index (χ0n) is 12.9. The smallest absolute Gasteiger partial charge is 0.253 e. The topological polar surface area (TPSA) is 75.2 Å². The molecule has 0 saturated carbocycles. The Bertz CT molecular complexity index is 718. The van der Waals surface area contributed by atoms with Gasteiger partial charge in [-0.05, 0) is 24.6 Å². The van der Waals surface area contributed by atoms with Gasteiger partial charge in [0.1, 0.15) is 0 Å². The molecule has 1 atom stereocenters. The van der Waals surface area contributed by atoms with Crippen LogP contribution in [0, 0.1) is 0 Å². The zero-order valence-corrected chi connectivity index (χ0v) is 12.9. The average Bonchev–Trinajstić information content (AvgIpc) is 3.03. The Morgan fingerprint density at radius 3 is 2.74 bits per heavy atom. The number of amides is 2. The molecule has 3 rings (SSSR count). The SMILES string of the molecule is CC(=O)N[C@@H]1CCN(C(=O)c2cccc(-c3ncccn3)c2)C1. The number of hydrogen-bond donors (Lipinski definition) is 1. The van der Waals surface area contributed by atoms with Gasteiger partial charge >= 0.3 is 0 Å². The largest absolute Gasteiger partial charge is 0.352 e. The van der Waals surface area contributed by atoms with Gasteiger partial charge < -0.3 is 10.2 Å². The van der Waals surface area contributed by atoms with Gasteiger partial charge in [-0.1, -0.05) is 12.1 Å². The van der Waals surface area contributed by atoms with Crippen LogP contribution in [-0.4, -0.2) is 45.8 Å². The monoisotopic (exact) mass is 310 g/mol. The zero-order chi connectivity index (χ0) is 16.2. The van der Waals surface area contributed by atoms with Gasteiger partial charge in [-0.3, -0.25) is 9.59 Å². The van der Waals surface area contributed by atoms with E-state index in [0.717, 1.165) is 12.0 Å². The molecule has 1 saturated heterocycles. The van der Waals surface area contributed by atoms with Crippen molar-refractivity contribution < 1.29 is 9.59 Å². The van der Waals surface area contributed by atoms with Crippen molar-refractivity contribution in [2.75, 3.05) is 13.1 Å². The molecule has 0 bridgehead atoms. The fraction of sp³-hybridized carbons (Fsp3) is 0.294. The van der Waals surface area contributed by atoms with Gasteiger partial charge in [-0.15, -0.1) is 0 Å². The molecule has 6 nitrogen and oxygen atoms in total. The first-order chi connectivity index (χ1) is 11.1. The van der Waals surface area contributed by atoms with Crippen LogP contribution in [0.25, 0.3) is 11.4 Å². The van der Waals surface area contributed by atoms with Gasteiger partial charge in [0.25, 0.3) is 5.91 Å². The number of carbonyl (C=O) groups excluding carboxylic acids is 2. The number of benzene rings is 1. The van der Waals surface area contributed by atoms with Crippen LogP contribution in [0.3, 0.4) is 0 Å². The summed E-state index contributed by atoms with van der Waals surface area (Å²) in [5, 5.41) is 2.86. The van der Waals surface area contributed by atoms with E-state index in [0.29, 0.717) is 24.5 Å². The first-order valence-electron chi connectivity index (χ1n) is 7.57. The standard InChI is InChI=1S/C17H18N4O2/c1-12(22)20-15-6-9-21(11-15)17(23)14-5-2-4-13(10-14)16-18-7-3-8-19-16/h2-5,7-8,10,15H,6,9,11H2,1H3,(H,20,22)/t15-/m1/s1. The highest BCUT2D eigenvalue weighted by molar-refractivity contribution is 5.95. The summed E-state index contributed by atoms with van der Waals surface area (Å²) in [6, 6.07) is 9.11. The first kappa shape index (κ1) is 15.1. The second kappa shape index (κ2) is 6.56. The van der Waals surface area contributed by atoms with E-state index in [2.05, 4.69) is 15.3 Å². The van der Waals surface area contributed by atoms with Gasteiger partial charge in [0, 0.05) is 49.6 Å². The summed E-state index contributed by atoms with van der Waals surface area (Å²) in [5.74, 6) is 0.503. The Hall–Kier alpha value is -2.76. The normalized spacial score (nSPS) is 17.1. The lowest BCUT2D eigenvalue weighted by Gasteiger charge is -2.17. The molecule has 6 heteroatoms. The van der Waals surface area contributed by atoms with Gasteiger partial charge in [0.15, 0.2) is 5.82 Å². The Balaban J connectivity index is 1.75. The summed E-state index contributed by atoms with van der Waals surface area (Å²) in [6.07, 6.45) is 4.14. The average molecular weight is 310 g/mol. The second-order valence-electron chi connectivity index (χ2n) is 5.59. The van der Waals surface area contributed by atoms with Crippen molar-refractivity contribution in [1.82, 2.24) is 20.2 Å². The third-order valence-corrected chi connectivity index (χ3v) is 3.82. The lowest BCUT2D eigenvalue weighted by Crippen LogP contribution is -2.37. The highest BCUT2D eigenvalue weighted by atomic mass is 16.2. The van der Waals surface area contributed by atoms with Crippen LogP contribution in [0.5, 0.6) is 0 Å². The number of likely N-dealkylation sites (tertiary alicyclic amines) is 1. The maximum absolute atomic E-state index is 12.6. The van der Waals surface area contributed by atoms with Crippen molar-refractivity contribution in [1.29, 1.82) is 0 Å². The highest BCUT2D eigenvalue weighted by Gasteiger charge is 2.27. The first-order valence-corrected chi connectivity index (χ1v) is 7.57. The molecule has 0 aliphatic carbocycles. The predicted molar refractivity (Wildman–Crippen MR) is 85.6 cm³/mol. The fourth-order valence-electron chi connectivity index (χ4n) is 2.77. The number of aromatic nitrogens is 2. The van der Waals surface area contributed by atoms with Crippen molar-refractivity contribution in [2.45, 2.75) is 19.4 Å². The molecule has 1 aliphatic heterocycles. The number of rotatable bonds is 3. The van der Waals surface area contributed by atoms with Crippen molar-refractivity contribution in [3.05, 3.63) is 48.3 Å². The lowest BCUT2D eigenvalue weighted by molar-refractivity contribution is -0.119. The van der Waals surface area contributed by atoms with E-state index < -0.39 is 0 Å². The number of carbonyl (C=O) groups is 2. The lowest BCUT2D eigenvalue weighted by atomic mass is 10.1. The summed E-state index contributed by atoms with van der Waals surface area (Å²) >= 11 is 0. The van der Waals surface area contributed by atoms with Gasteiger partial charge in [-0.2, -0.15) is 0 Å². The maximum Gasteiger partial charge on any atom is 0.253 e. The van der Waals surface area contributed by atoms with Crippen LogP contribution in [0.1, 0.15) is 23.7 Å². The second-order valence-corrected chi connectivity index (χ2v) is 5.59. The minimum atomic E-state index is -0.0625. The van der Waals surface area contributed by atoms with Crippen LogP contribution in [-0.2, 0) is 4.79 Å². The molecule has 1 aromatic heterocycles. The van der Waals surface area contributed by atoms with Crippen LogP contribution >= 0.6 is 0 Å². The summed E-state index contributed by atoms with van der Waals surface area (Å²) in [6.45, 7) is 2.69. The van der Waals surface area contributed by atoms with E-state index in [1.165, 1.54) is 6.92 Å². The summed E-state index contributed by atoms with van der Waals surface area (Å²) in [5.41, 5.74) is 1.42. The molecule has 0 radical (unpaired) electrons. The van der Waals surface area contributed by atoms with E-state index in [1.54, 1.807) is 29.4 Å². The molecule has 1 aliphatic rings. The van der Waals surface area contributed by atoms with Gasteiger partial charge in [0.05, 0.1) is 0 Å². The van der Waals surface area contributed by atoms with Crippen molar-refractivity contribution in [2.24, 2.45) is 0 Å². The Labute approximate surface area is 134 Å². The van der Waals surface area contributed by atoms with Gasteiger partial charge in [0.2, 0.25) is 5.91 Å². The van der Waals surface area contributed by atoms with Crippen molar-refractivity contribution in [3.8, 4) is 11.4 Å². The third-order valence-electron chi connectivity index (χ3n) is 3.82. The molecular weight excluding hydrogens is 292 g/mol. The molecule has 1 aromatic carbocycles. The summed E-state index contributed by atoms with van der Waals surface area (Å²) < 4.78 is 0. The summed E-state index contributed by atoms with van der Waals surface area (Å²) in [4.78, 5) is 33.9. The van der Waals surface area contributed by atoms with Crippen LogP contribution in [0.4, 0.5) is 0 Å². The molecule has 2 amide bonds. The van der Waals surface area contributed by atoms with Gasteiger partial charge in [-0.25, -0.2) is 9.97 Å². The molecule has 2 heterocycles. The molecule has 1 N–H and O–H groups in total. The third kappa shape index (κ3) is 3.53. The van der Waals surface area contributed by atoms with E-state index in [4.69, 9.17) is 0 Å². The molecule has 23 heavy (non-hydrogen) atoms. The minimum absolute atomic E-state index is 0.0318. The quantitative estimate of drug-likeness (QED) is 0.932. The Morgan fingerprint density at radius 2 is 2.00 bits per heavy atom. The molecular formula is C17H18N4O2. The molecule has 118 valence electrons. The van der Waals surface area contributed by atoms with E-state index in [9.17, 15) is 9.59 Å². The molecule has 2 aromatic rings. The van der Waals surface area contributed by atoms with E-state index >= 15 is 0 Å². The number of nitrogens with one attached hydrogen (secondary N) is 1. The predicted octanol–water partition coefficient (Wildman–Crippen LogP) is 1.49. The maximum atomic E-state index is 12.6. The Kier molecular flexibility index (Phi) is 4.32. The Morgan fingerprint density at radius 1 is 1.22 bits per heavy atom. The van der Waals surface area contributed by atoms with Crippen molar-refractivity contribution >= 4 is 11.8 Å².